The molecule has 0 aliphatic rings. The summed E-state index contributed by atoms with van der Waals surface area (Å²) in [5.74, 6) is 0.622. The molecule has 0 spiro atoms. The Bertz CT molecular complexity index is 693. The number of imidazole rings is 1. The van der Waals surface area contributed by atoms with Gasteiger partial charge in [-0.25, -0.2) is 13.4 Å². The van der Waals surface area contributed by atoms with Crippen molar-refractivity contribution in [3.8, 4) is 0 Å². The van der Waals surface area contributed by atoms with E-state index in [0.29, 0.717) is 11.4 Å². The summed E-state index contributed by atoms with van der Waals surface area (Å²) in [5, 5.41) is 8.98. The summed E-state index contributed by atoms with van der Waals surface area (Å²) < 4.78 is 27.8. The van der Waals surface area contributed by atoms with Crippen LogP contribution in [-0.2, 0) is 36.0 Å². The standard InChI is InChI=1S/C14H19N3O3S/c1-16-8-7-15-14(16)9-17(2)21(19,20)11-13-5-3-12(10-18)4-6-13/h3-8,18H,9-11H2,1-2H3. The fourth-order valence-electron chi connectivity index (χ4n) is 1.91. The van der Waals surface area contributed by atoms with Gasteiger partial charge in [-0.1, -0.05) is 24.3 Å². The van der Waals surface area contributed by atoms with Gasteiger partial charge >= 0.3 is 0 Å². The van der Waals surface area contributed by atoms with Gasteiger partial charge < -0.3 is 9.67 Å². The van der Waals surface area contributed by atoms with E-state index in [0.717, 1.165) is 5.56 Å². The number of hydrogen-bond acceptors (Lipinski definition) is 4. The summed E-state index contributed by atoms with van der Waals surface area (Å²) in [6, 6.07) is 6.89. The van der Waals surface area contributed by atoms with Crippen LogP contribution in [0, 0.1) is 0 Å². The van der Waals surface area contributed by atoms with Gasteiger partial charge in [0.25, 0.3) is 0 Å². The maximum absolute atomic E-state index is 12.3. The Morgan fingerprint density at radius 2 is 1.86 bits per heavy atom. The fourth-order valence-corrected chi connectivity index (χ4v) is 3.05. The van der Waals surface area contributed by atoms with E-state index in [2.05, 4.69) is 4.98 Å². The normalized spacial score (nSPS) is 12.0. The SMILES string of the molecule is CN(Cc1nccn1C)S(=O)(=O)Cc1ccc(CO)cc1. The predicted molar refractivity (Wildman–Crippen MR) is 79.7 cm³/mol. The maximum atomic E-state index is 12.3. The monoisotopic (exact) mass is 309 g/mol. The molecule has 6 nitrogen and oxygen atoms in total. The van der Waals surface area contributed by atoms with Crippen molar-refractivity contribution < 1.29 is 13.5 Å². The molecule has 0 aliphatic heterocycles. The molecule has 1 heterocycles. The highest BCUT2D eigenvalue weighted by molar-refractivity contribution is 7.88. The molecule has 0 fully saturated rings. The van der Waals surface area contributed by atoms with Crippen LogP contribution >= 0.6 is 0 Å². The van der Waals surface area contributed by atoms with Crippen LogP contribution in [0.25, 0.3) is 0 Å². The number of sulfonamides is 1. The van der Waals surface area contributed by atoms with E-state index < -0.39 is 10.0 Å². The number of aliphatic hydroxyl groups excluding tert-OH is 1. The third kappa shape index (κ3) is 3.90. The van der Waals surface area contributed by atoms with Crippen LogP contribution in [0.15, 0.2) is 36.7 Å². The number of nitrogens with zero attached hydrogens (tertiary/aromatic N) is 3. The topological polar surface area (TPSA) is 75.4 Å². The smallest absolute Gasteiger partial charge is 0.218 e. The molecule has 1 aromatic heterocycles. The molecular formula is C14H19N3O3S. The van der Waals surface area contributed by atoms with E-state index in [9.17, 15) is 8.42 Å². The van der Waals surface area contributed by atoms with Gasteiger partial charge in [0, 0.05) is 26.5 Å². The van der Waals surface area contributed by atoms with Crippen molar-refractivity contribution in [2.24, 2.45) is 7.05 Å². The van der Waals surface area contributed by atoms with Crippen LogP contribution in [0.4, 0.5) is 0 Å². The van der Waals surface area contributed by atoms with Crippen LogP contribution in [0.3, 0.4) is 0 Å². The summed E-state index contributed by atoms with van der Waals surface area (Å²) in [7, 11) is -0.0308. The minimum Gasteiger partial charge on any atom is -0.392 e. The average molecular weight is 309 g/mol. The zero-order valence-electron chi connectivity index (χ0n) is 12.1. The molecule has 0 radical (unpaired) electrons. The van der Waals surface area contributed by atoms with Crippen molar-refractivity contribution in [3.63, 3.8) is 0 Å². The Morgan fingerprint density at radius 1 is 1.24 bits per heavy atom. The zero-order valence-corrected chi connectivity index (χ0v) is 12.9. The van der Waals surface area contributed by atoms with E-state index in [1.807, 2.05) is 7.05 Å². The fraction of sp³-hybridized carbons (Fsp3) is 0.357. The van der Waals surface area contributed by atoms with E-state index in [1.54, 1.807) is 48.3 Å². The van der Waals surface area contributed by atoms with Crippen molar-refractivity contribution in [2.75, 3.05) is 7.05 Å². The number of hydrogen-bond donors (Lipinski definition) is 1. The van der Waals surface area contributed by atoms with Crippen molar-refractivity contribution in [3.05, 3.63) is 53.6 Å². The van der Waals surface area contributed by atoms with Crippen LogP contribution in [0.1, 0.15) is 17.0 Å². The number of rotatable bonds is 6. The van der Waals surface area contributed by atoms with Gasteiger partial charge in [0.1, 0.15) is 5.82 Å². The Balaban J connectivity index is 2.08. The second-order valence-corrected chi connectivity index (χ2v) is 7.02. The van der Waals surface area contributed by atoms with E-state index in [-0.39, 0.29) is 18.9 Å². The molecule has 2 aromatic rings. The number of aromatic nitrogens is 2. The molecule has 0 bridgehead atoms. The van der Waals surface area contributed by atoms with Gasteiger partial charge in [-0.3, -0.25) is 0 Å². The molecule has 0 aliphatic carbocycles. The first kappa shape index (κ1) is 15.7. The van der Waals surface area contributed by atoms with Crippen LogP contribution < -0.4 is 0 Å². The van der Waals surface area contributed by atoms with E-state index in [4.69, 9.17) is 5.11 Å². The first-order chi connectivity index (χ1) is 9.92. The Kier molecular flexibility index (Phi) is 4.76. The Hall–Kier alpha value is -1.70. The highest BCUT2D eigenvalue weighted by atomic mass is 32.2. The molecule has 21 heavy (non-hydrogen) atoms. The lowest BCUT2D eigenvalue weighted by molar-refractivity contribution is 0.282. The molecular weight excluding hydrogens is 290 g/mol. The van der Waals surface area contributed by atoms with Gasteiger partial charge in [0.15, 0.2) is 0 Å². The van der Waals surface area contributed by atoms with Crippen LogP contribution in [0.2, 0.25) is 0 Å². The molecule has 1 N–H and O–H groups in total. The second kappa shape index (κ2) is 6.38. The van der Waals surface area contributed by atoms with Gasteiger partial charge in [-0.05, 0) is 11.1 Å². The predicted octanol–water partition coefficient (Wildman–Crippen LogP) is 0.874. The Labute approximate surface area is 124 Å². The van der Waals surface area contributed by atoms with E-state index in [1.165, 1.54) is 4.31 Å². The molecule has 7 heteroatoms. The summed E-state index contributed by atoms with van der Waals surface area (Å²) >= 11 is 0. The molecule has 0 amide bonds. The summed E-state index contributed by atoms with van der Waals surface area (Å²) in [6.45, 7) is 0.187. The molecule has 114 valence electrons. The van der Waals surface area contributed by atoms with Crippen LogP contribution in [-0.4, -0.2) is 34.4 Å². The largest absolute Gasteiger partial charge is 0.392 e. The maximum Gasteiger partial charge on any atom is 0.218 e. The average Bonchev–Trinajstić information content (AvgIpc) is 2.85. The van der Waals surface area contributed by atoms with Gasteiger partial charge in [0.05, 0.1) is 18.9 Å². The lowest BCUT2D eigenvalue weighted by atomic mass is 10.2. The van der Waals surface area contributed by atoms with Crippen LogP contribution in [0.5, 0.6) is 0 Å². The lowest BCUT2D eigenvalue weighted by Gasteiger charge is -2.17. The third-order valence-corrected chi connectivity index (χ3v) is 5.09. The first-order valence-corrected chi connectivity index (χ1v) is 8.12. The van der Waals surface area contributed by atoms with Gasteiger partial charge in [-0.15, -0.1) is 0 Å². The molecule has 2 rings (SSSR count). The van der Waals surface area contributed by atoms with E-state index >= 15 is 0 Å². The second-order valence-electron chi connectivity index (χ2n) is 4.94. The Morgan fingerprint density at radius 3 is 2.38 bits per heavy atom. The minimum atomic E-state index is -3.41. The first-order valence-electron chi connectivity index (χ1n) is 6.51. The summed E-state index contributed by atoms with van der Waals surface area (Å²) in [5.41, 5.74) is 1.46. The zero-order chi connectivity index (χ0) is 15.5. The number of aliphatic hydroxyl groups is 1. The molecule has 0 atom stereocenters. The molecule has 0 unspecified atom stereocenters. The van der Waals surface area contributed by atoms with Crippen molar-refractivity contribution in [1.29, 1.82) is 0 Å². The lowest BCUT2D eigenvalue weighted by Crippen LogP contribution is -2.28. The summed E-state index contributed by atoms with van der Waals surface area (Å²) in [6.07, 6.45) is 3.42. The summed E-state index contributed by atoms with van der Waals surface area (Å²) in [4.78, 5) is 4.13. The van der Waals surface area contributed by atoms with Crippen molar-refractivity contribution in [2.45, 2.75) is 18.9 Å². The molecule has 0 saturated carbocycles. The van der Waals surface area contributed by atoms with Crippen molar-refractivity contribution >= 4 is 10.0 Å². The van der Waals surface area contributed by atoms with Gasteiger partial charge in [-0.2, -0.15) is 4.31 Å². The van der Waals surface area contributed by atoms with Crippen molar-refractivity contribution in [1.82, 2.24) is 13.9 Å². The minimum absolute atomic E-state index is 0.0495. The highest BCUT2D eigenvalue weighted by Crippen LogP contribution is 2.13. The number of aryl methyl sites for hydroxylation is 1. The number of benzene rings is 1. The quantitative estimate of drug-likeness (QED) is 0.859. The third-order valence-electron chi connectivity index (χ3n) is 3.31. The van der Waals surface area contributed by atoms with Gasteiger partial charge in [0.2, 0.25) is 10.0 Å². The molecule has 0 saturated heterocycles. The molecule has 1 aromatic carbocycles. The highest BCUT2D eigenvalue weighted by Gasteiger charge is 2.20.